The fourth-order valence-corrected chi connectivity index (χ4v) is 6.72. The van der Waals surface area contributed by atoms with Gasteiger partial charge in [0.2, 0.25) is 0 Å². The van der Waals surface area contributed by atoms with Crippen LogP contribution >= 0.6 is 22.7 Å². The predicted octanol–water partition coefficient (Wildman–Crippen LogP) is 5.50. The molecule has 2 amide bonds. The van der Waals surface area contributed by atoms with Gasteiger partial charge in [0.1, 0.15) is 11.0 Å². The van der Waals surface area contributed by atoms with Gasteiger partial charge in [-0.1, -0.05) is 13.0 Å². The van der Waals surface area contributed by atoms with Crippen LogP contribution in [0.3, 0.4) is 0 Å². The van der Waals surface area contributed by atoms with Crippen LogP contribution in [-0.4, -0.2) is 22.0 Å². The Bertz CT molecular complexity index is 986. The van der Waals surface area contributed by atoms with E-state index in [0.29, 0.717) is 13.1 Å². The van der Waals surface area contributed by atoms with E-state index in [2.05, 4.69) is 57.5 Å². The number of urea groups is 1. The molecule has 3 aromatic heterocycles. The number of hydrogen-bond acceptors (Lipinski definition) is 3. The third-order valence-corrected chi connectivity index (χ3v) is 8.04. The molecule has 1 atom stereocenters. The van der Waals surface area contributed by atoms with Gasteiger partial charge in [-0.25, -0.2) is 4.79 Å². The predicted molar refractivity (Wildman–Crippen MR) is 116 cm³/mol. The Balaban J connectivity index is 1.67. The minimum absolute atomic E-state index is 0.0385. The molecule has 0 bridgehead atoms. The number of aromatic nitrogens is 1. The second kappa shape index (κ2) is 7.41. The summed E-state index contributed by atoms with van der Waals surface area (Å²) in [7, 11) is 0. The first-order valence-corrected chi connectivity index (χ1v) is 11.9. The number of hydrogen-bond donors (Lipinski definition) is 1. The summed E-state index contributed by atoms with van der Waals surface area (Å²) in [6, 6.07) is 8.52. The van der Waals surface area contributed by atoms with Gasteiger partial charge in [0.05, 0.1) is 12.2 Å². The monoisotopic (exact) mass is 411 g/mol. The normalized spacial score (nSPS) is 18.2. The van der Waals surface area contributed by atoms with Crippen LogP contribution in [0, 0.1) is 0 Å². The van der Waals surface area contributed by atoms with E-state index in [1.54, 1.807) is 11.3 Å². The van der Waals surface area contributed by atoms with Gasteiger partial charge >= 0.3 is 6.03 Å². The summed E-state index contributed by atoms with van der Waals surface area (Å²) < 4.78 is 2.34. The average Bonchev–Trinajstić information content (AvgIpc) is 3.45. The molecule has 0 spiro atoms. The number of amides is 2. The largest absolute Gasteiger partial charge is 0.338 e. The molecule has 1 N–H and O–H groups in total. The third kappa shape index (κ3) is 2.90. The van der Waals surface area contributed by atoms with Crippen molar-refractivity contribution in [3.8, 4) is 5.00 Å². The minimum atomic E-state index is -0.0503. The molecular formula is C22H25N3OS2. The standard InChI is InChI=1S/C22H25N3OS2/c1-2-11-23-22(26)25-14-16-15-7-3-4-9-18(15)28-21(16)24-12-5-8-17(24)20(25)19-10-6-13-27-19/h5-6,8,10,12-13,20H,2-4,7,9,11,14H2,1H3,(H,23,26)/t20-/m1/s1. The number of fused-ring (bicyclic) bond motifs is 5. The molecule has 1 aliphatic heterocycles. The lowest BCUT2D eigenvalue weighted by atomic mass is 9.95. The molecule has 0 saturated carbocycles. The van der Waals surface area contributed by atoms with Crippen molar-refractivity contribution in [2.75, 3.05) is 6.54 Å². The molecular weight excluding hydrogens is 386 g/mol. The lowest BCUT2D eigenvalue weighted by Gasteiger charge is -2.30. The zero-order valence-electron chi connectivity index (χ0n) is 16.1. The number of nitrogens with one attached hydrogen (secondary N) is 1. The van der Waals surface area contributed by atoms with E-state index in [1.165, 1.54) is 50.8 Å². The molecule has 0 aromatic carbocycles. The van der Waals surface area contributed by atoms with Crippen LogP contribution in [0.2, 0.25) is 0 Å². The Hall–Kier alpha value is -2.05. The van der Waals surface area contributed by atoms with Crippen molar-refractivity contribution in [3.63, 3.8) is 0 Å². The molecule has 2 aliphatic rings. The van der Waals surface area contributed by atoms with Crippen molar-refractivity contribution in [1.29, 1.82) is 0 Å². The minimum Gasteiger partial charge on any atom is -0.338 e. The topological polar surface area (TPSA) is 37.3 Å². The molecule has 1 aliphatic carbocycles. The van der Waals surface area contributed by atoms with E-state index in [9.17, 15) is 4.79 Å². The smallest absolute Gasteiger partial charge is 0.318 e. The van der Waals surface area contributed by atoms with Crippen molar-refractivity contribution in [1.82, 2.24) is 14.8 Å². The number of thiophene rings is 2. The maximum absolute atomic E-state index is 13.3. The summed E-state index contributed by atoms with van der Waals surface area (Å²) in [5.74, 6) is 0. The summed E-state index contributed by atoms with van der Waals surface area (Å²) in [6.07, 6.45) is 7.98. The average molecular weight is 412 g/mol. The second-order valence-electron chi connectivity index (χ2n) is 7.58. The van der Waals surface area contributed by atoms with Gasteiger partial charge < -0.3 is 14.8 Å². The molecule has 3 aromatic rings. The van der Waals surface area contributed by atoms with Crippen LogP contribution < -0.4 is 5.32 Å². The van der Waals surface area contributed by atoms with Crippen LogP contribution in [0.25, 0.3) is 5.00 Å². The van der Waals surface area contributed by atoms with Gasteiger partial charge in [-0.3, -0.25) is 0 Å². The van der Waals surface area contributed by atoms with Crippen molar-refractivity contribution in [2.24, 2.45) is 0 Å². The van der Waals surface area contributed by atoms with E-state index in [-0.39, 0.29) is 12.1 Å². The zero-order valence-corrected chi connectivity index (χ0v) is 17.7. The molecule has 0 fully saturated rings. The van der Waals surface area contributed by atoms with Crippen molar-refractivity contribution in [2.45, 2.75) is 51.6 Å². The van der Waals surface area contributed by atoms with Crippen LogP contribution in [0.5, 0.6) is 0 Å². The van der Waals surface area contributed by atoms with Gasteiger partial charge in [-0.05, 0) is 61.2 Å². The van der Waals surface area contributed by atoms with Crippen molar-refractivity contribution < 1.29 is 4.79 Å². The first-order valence-electron chi connectivity index (χ1n) is 10.2. The molecule has 6 heteroatoms. The maximum atomic E-state index is 13.3. The quantitative estimate of drug-likeness (QED) is 0.607. The summed E-state index contributed by atoms with van der Waals surface area (Å²) in [5, 5.41) is 6.56. The molecule has 4 nitrogen and oxygen atoms in total. The zero-order chi connectivity index (χ0) is 19.1. The van der Waals surface area contributed by atoms with E-state index >= 15 is 0 Å². The third-order valence-electron chi connectivity index (χ3n) is 5.78. The van der Waals surface area contributed by atoms with E-state index in [4.69, 9.17) is 0 Å². The Kier molecular flexibility index (Phi) is 4.77. The van der Waals surface area contributed by atoms with Crippen LogP contribution in [0.1, 0.15) is 58.8 Å². The Morgan fingerprint density at radius 2 is 2.11 bits per heavy atom. The van der Waals surface area contributed by atoms with E-state index in [0.717, 1.165) is 12.8 Å². The highest BCUT2D eigenvalue weighted by Crippen LogP contribution is 2.44. The number of aryl methyl sites for hydroxylation is 1. The highest BCUT2D eigenvalue weighted by Gasteiger charge is 2.36. The summed E-state index contributed by atoms with van der Waals surface area (Å²) >= 11 is 3.67. The van der Waals surface area contributed by atoms with Crippen LogP contribution in [0.15, 0.2) is 35.8 Å². The van der Waals surface area contributed by atoms with Gasteiger partial charge in [0, 0.05) is 28.1 Å². The fourth-order valence-electron chi connectivity index (χ4n) is 4.47. The number of rotatable bonds is 3. The number of carbonyl (C=O) groups excluding carboxylic acids is 1. The number of nitrogens with zero attached hydrogens (tertiary/aromatic N) is 2. The molecule has 0 saturated heterocycles. The molecule has 5 rings (SSSR count). The highest BCUT2D eigenvalue weighted by molar-refractivity contribution is 7.15. The Labute approximate surface area is 173 Å². The summed E-state index contributed by atoms with van der Waals surface area (Å²) in [4.78, 5) is 18.1. The fraction of sp³-hybridized carbons (Fsp3) is 0.409. The molecule has 4 heterocycles. The highest BCUT2D eigenvalue weighted by atomic mass is 32.1. The summed E-state index contributed by atoms with van der Waals surface area (Å²) in [6.45, 7) is 3.49. The van der Waals surface area contributed by atoms with E-state index in [1.807, 2.05) is 11.3 Å². The van der Waals surface area contributed by atoms with Crippen molar-refractivity contribution in [3.05, 3.63) is 62.4 Å². The SMILES string of the molecule is CCCNC(=O)N1Cc2c(sc3c2CCCC3)-n2cccc2[C@@H]1c1cccs1. The molecule has 0 unspecified atom stereocenters. The van der Waals surface area contributed by atoms with Gasteiger partial charge in [-0.2, -0.15) is 0 Å². The maximum Gasteiger partial charge on any atom is 0.318 e. The van der Waals surface area contributed by atoms with Crippen LogP contribution in [-0.2, 0) is 19.4 Å². The van der Waals surface area contributed by atoms with E-state index < -0.39 is 0 Å². The van der Waals surface area contributed by atoms with Gasteiger partial charge in [0.15, 0.2) is 0 Å². The lowest BCUT2D eigenvalue weighted by Crippen LogP contribution is -2.42. The molecule has 28 heavy (non-hydrogen) atoms. The van der Waals surface area contributed by atoms with Crippen molar-refractivity contribution >= 4 is 28.7 Å². The Morgan fingerprint density at radius 1 is 1.21 bits per heavy atom. The molecule has 0 radical (unpaired) electrons. The van der Waals surface area contributed by atoms with Crippen LogP contribution in [0.4, 0.5) is 4.79 Å². The van der Waals surface area contributed by atoms with Gasteiger partial charge in [-0.15, -0.1) is 22.7 Å². The number of carbonyl (C=O) groups is 1. The Morgan fingerprint density at radius 3 is 2.93 bits per heavy atom. The second-order valence-corrected chi connectivity index (χ2v) is 9.64. The lowest BCUT2D eigenvalue weighted by molar-refractivity contribution is 0.181. The van der Waals surface area contributed by atoms with Gasteiger partial charge in [0.25, 0.3) is 0 Å². The first-order chi connectivity index (χ1) is 13.8. The first kappa shape index (κ1) is 18.0. The molecule has 146 valence electrons. The summed E-state index contributed by atoms with van der Waals surface area (Å²) in [5.41, 5.74) is 4.06.